The third-order valence-corrected chi connectivity index (χ3v) is 3.98. The minimum absolute atomic E-state index is 0.113. The lowest BCUT2D eigenvalue weighted by molar-refractivity contribution is 0.0587. The summed E-state index contributed by atoms with van der Waals surface area (Å²) in [5.41, 5.74) is 0.730. The van der Waals surface area contributed by atoms with Gasteiger partial charge in [-0.05, 0) is 41.1 Å². The number of ether oxygens (including phenoxy) is 2. The van der Waals surface area contributed by atoms with E-state index in [1.807, 2.05) is 6.92 Å². The van der Waals surface area contributed by atoms with E-state index in [0.717, 1.165) is 0 Å². The second kappa shape index (κ2) is 7.93. The molecule has 0 radical (unpaired) electrons. The molecule has 0 aliphatic rings. The lowest BCUT2D eigenvalue weighted by Crippen LogP contribution is -2.20. The average Bonchev–Trinajstić information content (AvgIpc) is 3.00. The number of nitrogens with zero attached hydrogens (tertiary/aromatic N) is 2. The van der Waals surface area contributed by atoms with Gasteiger partial charge in [-0.25, -0.2) is 9.59 Å². The molecule has 0 saturated carbocycles. The first kappa shape index (κ1) is 18.7. The van der Waals surface area contributed by atoms with Gasteiger partial charge in [0, 0.05) is 6.54 Å². The van der Waals surface area contributed by atoms with E-state index in [0.29, 0.717) is 16.7 Å². The van der Waals surface area contributed by atoms with Crippen LogP contribution >= 0.6 is 15.9 Å². The maximum Gasteiger partial charge on any atom is 0.339 e. The molecular formula is C16H16BrN3O5. The number of aryl methyl sites for hydroxylation is 1. The fourth-order valence-corrected chi connectivity index (χ4v) is 2.67. The number of benzene rings is 1. The van der Waals surface area contributed by atoms with Crippen molar-refractivity contribution in [3.8, 4) is 0 Å². The minimum atomic E-state index is -0.644. The number of nitrogens with one attached hydrogen (secondary N) is 1. The van der Waals surface area contributed by atoms with Crippen LogP contribution in [0.1, 0.15) is 38.1 Å². The molecule has 1 N–H and O–H groups in total. The van der Waals surface area contributed by atoms with Crippen LogP contribution in [0.2, 0.25) is 0 Å². The van der Waals surface area contributed by atoms with Gasteiger partial charge in [-0.2, -0.15) is 5.10 Å². The summed E-state index contributed by atoms with van der Waals surface area (Å²) in [7, 11) is 2.47. The van der Waals surface area contributed by atoms with Crippen LogP contribution in [0.25, 0.3) is 0 Å². The third kappa shape index (κ3) is 3.87. The van der Waals surface area contributed by atoms with Crippen LogP contribution in [-0.4, -0.2) is 41.8 Å². The highest BCUT2D eigenvalue weighted by Crippen LogP contribution is 2.23. The Morgan fingerprint density at radius 3 is 2.48 bits per heavy atom. The molecule has 9 heteroatoms. The summed E-state index contributed by atoms with van der Waals surface area (Å²) in [5, 5.41) is 6.70. The van der Waals surface area contributed by atoms with E-state index in [1.165, 1.54) is 43.3 Å². The molecule has 0 unspecified atom stereocenters. The van der Waals surface area contributed by atoms with Gasteiger partial charge in [0.2, 0.25) is 0 Å². The van der Waals surface area contributed by atoms with Crippen LogP contribution in [0.5, 0.6) is 0 Å². The van der Waals surface area contributed by atoms with Crippen LogP contribution in [0.3, 0.4) is 0 Å². The van der Waals surface area contributed by atoms with Crippen molar-refractivity contribution in [2.24, 2.45) is 0 Å². The van der Waals surface area contributed by atoms with Gasteiger partial charge in [0.05, 0.1) is 41.7 Å². The molecule has 0 spiro atoms. The Bertz CT molecular complexity index is 831. The first-order valence-electron chi connectivity index (χ1n) is 7.26. The van der Waals surface area contributed by atoms with Crippen molar-refractivity contribution in [3.05, 3.63) is 45.7 Å². The Balaban J connectivity index is 2.45. The van der Waals surface area contributed by atoms with Crippen molar-refractivity contribution < 1.29 is 23.9 Å². The van der Waals surface area contributed by atoms with E-state index >= 15 is 0 Å². The van der Waals surface area contributed by atoms with Crippen molar-refractivity contribution in [3.63, 3.8) is 0 Å². The summed E-state index contributed by atoms with van der Waals surface area (Å²) in [6.45, 7) is 2.33. The lowest BCUT2D eigenvalue weighted by Gasteiger charge is -2.12. The predicted molar refractivity (Wildman–Crippen MR) is 92.7 cm³/mol. The molecule has 1 aromatic heterocycles. The zero-order valence-corrected chi connectivity index (χ0v) is 15.4. The molecule has 8 nitrogen and oxygen atoms in total. The second-order valence-corrected chi connectivity index (χ2v) is 5.71. The highest BCUT2D eigenvalue weighted by Gasteiger charge is 2.21. The summed E-state index contributed by atoms with van der Waals surface area (Å²) in [5.74, 6) is -1.72. The number of rotatable bonds is 5. The molecule has 1 heterocycles. The third-order valence-electron chi connectivity index (χ3n) is 3.40. The number of anilines is 1. The van der Waals surface area contributed by atoms with Gasteiger partial charge in [0.1, 0.15) is 5.69 Å². The molecule has 0 bridgehead atoms. The molecule has 0 fully saturated rings. The number of carbonyl (C=O) groups excluding carboxylic acids is 3. The molecule has 2 aromatic rings. The van der Waals surface area contributed by atoms with Gasteiger partial charge in [-0.15, -0.1) is 0 Å². The fraction of sp³-hybridized carbons (Fsp3) is 0.250. The van der Waals surface area contributed by atoms with Crippen LogP contribution in [-0.2, 0) is 16.0 Å². The number of carbonyl (C=O) groups is 3. The minimum Gasteiger partial charge on any atom is -0.465 e. The number of amides is 1. The maximum atomic E-state index is 12.6. The lowest BCUT2D eigenvalue weighted by atomic mass is 10.1. The Labute approximate surface area is 152 Å². The van der Waals surface area contributed by atoms with Gasteiger partial charge in [-0.1, -0.05) is 0 Å². The molecule has 1 amide bonds. The smallest absolute Gasteiger partial charge is 0.339 e. The second-order valence-electron chi connectivity index (χ2n) is 4.85. The van der Waals surface area contributed by atoms with E-state index in [4.69, 9.17) is 4.74 Å². The van der Waals surface area contributed by atoms with E-state index < -0.39 is 17.8 Å². The van der Waals surface area contributed by atoms with Gasteiger partial charge in [0.15, 0.2) is 0 Å². The number of methoxy groups -OCH3 is 2. The summed E-state index contributed by atoms with van der Waals surface area (Å²) >= 11 is 3.27. The van der Waals surface area contributed by atoms with Crippen molar-refractivity contribution in [1.29, 1.82) is 0 Å². The summed E-state index contributed by atoms with van der Waals surface area (Å²) < 4.78 is 11.4. The monoisotopic (exact) mass is 409 g/mol. The fourth-order valence-electron chi connectivity index (χ4n) is 2.19. The zero-order valence-electron chi connectivity index (χ0n) is 13.8. The normalized spacial score (nSPS) is 10.2. The van der Waals surface area contributed by atoms with Crippen molar-refractivity contribution >= 4 is 39.5 Å². The maximum absolute atomic E-state index is 12.6. The topological polar surface area (TPSA) is 99.5 Å². The number of hydrogen-bond donors (Lipinski definition) is 1. The summed E-state index contributed by atoms with van der Waals surface area (Å²) in [6.07, 6.45) is 1.50. The first-order chi connectivity index (χ1) is 11.9. The van der Waals surface area contributed by atoms with Crippen LogP contribution in [0.15, 0.2) is 28.9 Å². The Morgan fingerprint density at radius 1 is 1.20 bits per heavy atom. The molecule has 0 saturated heterocycles. The summed E-state index contributed by atoms with van der Waals surface area (Å²) in [4.78, 5) is 36.3. The summed E-state index contributed by atoms with van der Waals surface area (Å²) in [6, 6.07) is 4.16. The van der Waals surface area contributed by atoms with Crippen LogP contribution in [0, 0.1) is 0 Å². The van der Waals surface area contributed by atoms with Gasteiger partial charge in [0.25, 0.3) is 5.91 Å². The van der Waals surface area contributed by atoms with Crippen molar-refractivity contribution in [2.45, 2.75) is 13.5 Å². The molecule has 0 atom stereocenters. The SMILES string of the molecule is CCn1ncc(Br)c1C(=O)Nc1cc(C(=O)OC)ccc1C(=O)OC. The van der Waals surface area contributed by atoms with Crippen molar-refractivity contribution in [2.75, 3.05) is 19.5 Å². The van der Waals surface area contributed by atoms with E-state index in [9.17, 15) is 14.4 Å². The highest BCUT2D eigenvalue weighted by molar-refractivity contribution is 9.10. The molecular weight excluding hydrogens is 394 g/mol. The Kier molecular flexibility index (Phi) is 5.92. The number of aromatic nitrogens is 2. The molecule has 1 aromatic carbocycles. The molecule has 132 valence electrons. The number of hydrogen-bond acceptors (Lipinski definition) is 6. The highest BCUT2D eigenvalue weighted by atomic mass is 79.9. The van der Waals surface area contributed by atoms with Crippen LogP contribution in [0.4, 0.5) is 5.69 Å². The Hall–Kier alpha value is -2.68. The molecule has 0 aliphatic carbocycles. The molecule has 25 heavy (non-hydrogen) atoms. The van der Waals surface area contributed by atoms with E-state index in [2.05, 4.69) is 31.1 Å². The Morgan fingerprint density at radius 2 is 1.88 bits per heavy atom. The van der Waals surface area contributed by atoms with Gasteiger partial charge in [-0.3, -0.25) is 9.48 Å². The van der Waals surface area contributed by atoms with Gasteiger partial charge < -0.3 is 14.8 Å². The average molecular weight is 410 g/mol. The van der Waals surface area contributed by atoms with E-state index in [1.54, 1.807) is 0 Å². The largest absolute Gasteiger partial charge is 0.465 e. The standard InChI is InChI=1S/C16H16BrN3O5/c1-4-20-13(11(17)8-18-20)14(21)19-12-7-9(15(22)24-2)5-6-10(12)16(23)25-3/h5-8H,4H2,1-3H3,(H,19,21). The van der Waals surface area contributed by atoms with E-state index in [-0.39, 0.29) is 16.8 Å². The predicted octanol–water partition coefficient (Wildman–Crippen LogP) is 2.49. The van der Waals surface area contributed by atoms with Gasteiger partial charge >= 0.3 is 11.9 Å². The first-order valence-corrected chi connectivity index (χ1v) is 8.05. The molecule has 0 aliphatic heterocycles. The quantitative estimate of drug-likeness (QED) is 0.761. The van der Waals surface area contributed by atoms with Crippen molar-refractivity contribution in [1.82, 2.24) is 9.78 Å². The van der Waals surface area contributed by atoms with Crippen LogP contribution < -0.4 is 5.32 Å². The number of halogens is 1. The zero-order chi connectivity index (χ0) is 18.6. The molecule has 2 rings (SSSR count). The number of esters is 2.